The van der Waals surface area contributed by atoms with Crippen molar-refractivity contribution in [2.75, 3.05) is 27.3 Å². The van der Waals surface area contributed by atoms with E-state index < -0.39 is 0 Å². The van der Waals surface area contributed by atoms with E-state index in [4.69, 9.17) is 4.74 Å². The molecule has 1 heterocycles. The molecular formula is C19H20N2O2. The van der Waals surface area contributed by atoms with E-state index in [1.807, 2.05) is 24.4 Å². The van der Waals surface area contributed by atoms with Gasteiger partial charge in [-0.1, -0.05) is 42.5 Å². The zero-order valence-electron chi connectivity index (χ0n) is 13.4. The van der Waals surface area contributed by atoms with Gasteiger partial charge in [-0.3, -0.25) is 4.79 Å². The molecule has 0 spiro atoms. The van der Waals surface area contributed by atoms with Crippen LogP contribution in [0.3, 0.4) is 0 Å². The summed E-state index contributed by atoms with van der Waals surface area (Å²) in [6, 6.07) is 14.4. The highest BCUT2D eigenvalue weighted by Gasteiger charge is 2.18. The maximum absolute atomic E-state index is 12.7. The van der Waals surface area contributed by atoms with Crippen LogP contribution >= 0.6 is 0 Å². The van der Waals surface area contributed by atoms with Crippen LogP contribution in [0, 0.1) is 0 Å². The second-order valence-electron chi connectivity index (χ2n) is 5.53. The molecule has 0 fully saturated rings. The minimum absolute atomic E-state index is 0.00812. The first-order valence-corrected chi connectivity index (χ1v) is 7.61. The minimum Gasteiger partial charge on any atom is -0.383 e. The van der Waals surface area contributed by atoms with Gasteiger partial charge in [-0.15, -0.1) is 0 Å². The van der Waals surface area contributed by atoms with Gasteiger partial charge in [-0.25, -0.2) is 0 Å². The third-order valence-corrected chi connectivity index (χ3v) is 4.03. The van der Waals surface area contributed by atoms with Crippen LogP contribution in [-0.2, 0) is 4.74 Å². The predicted octanol–water partition coefficient (Wildman–Crippen LogP) is 3.55. The average molecular weight is 308 g/mol. The van der Waals surface area contributed by atoms with Gasteiger partial charge in [0.25, 0.3) is 5.91 Å². The van der Waals surface area contributed by atoms with Crippen LogP contribution < -0.4 is 0 Å². The van der Waals surface area contributed by atoms with Gasteiger partial charge in [0.15, 0.2) is 0 Å². The number of nitrogens with zero attached hydrogens (tertiary/aromatic N) is 1. The molecule has 0 unspecified atom stereocenters. The Bertz CT molecular complexity index is 818. The Hall–Kier alpha value is -2.59. The number of fused-ring (bicyclic) bond motifs is 1. The molecule has 0 atom stereocenters. The van der Waals surface area contributed by atoms with E-state index in [0.29, 0.717) is 18.7 Å². The molecule has 0 aliphatic rings. The number of ether oxygens (including phenoxy) is 1. The molecule has 4 nitrogen and oxygen atoms in total. The number of likely N-dealkylation sites (N-methyl/N-ethyl adjacent to an activating group) is 1. The Balaban J connectivity index is 2.02. The maximum atomic E-state index is 12.7. The van der Waals surface area contributed by atoms with E-state index >= 15 is 0 Å². The van der Waals surface area contributed by atoms with Crippen LogP contribution in [0.25, 0.3) is 21.9 Å². The molecular weight excluding hydrogens is 288 g/mol. The van der Waals surface area contributed by atoms with E-state index in [0.717, 1.165) is 21.9 Å². The molecule has 0 saturated heterocycles. The van der Waals surface area contributed by atoms with Crippen molar-refractivity contribution in [2.45, 2.75) is 0 Å². The summed E-state index contributed by atoms with van der Waals surface area (Å²) in [6.07, 6.45) is 3.65. The van der Waals surface area contributed by atoms with Crippen LogP contribution in [0.1, 0.15) is 10.4 Å². The highest BCUT2D eigenvalue weighted by Crippen LogP contribution is 2.31. The maximum Gasteiger partial charge on any atom is 0.255 e. The summed E-state index contributed by atoms with van der Waals surface area (Å²) in [5.74, 6) is -0.00812. The second-order valence-corrected chi connectivity index (χ2v) is 5.53. The number of H-pyrrole nitrogens is 1. The van der Waals surface area contributed by atoms with E-state index in [1.54, 1.807) is 25.3 Å². The first-order chi connectivity index (χ1) is 11.2. The topological polar surface area (TPSA) is 45.3 Å². The average Bonchev–Trinajstić information content (AvgIpc) is 3.07. The number of aromatic nitrogens is 1. The second kappa shape index (κ2) is 6.67. The van der Waals surface area contributed by atoms with Gasteiger partial charge < -0.3 is 14.6 Å². The highest BCUT2D eigenvalue weighted by molar-refractivity contribution is 6.05. The van der Waals surface area contributed by atoms with E-state index in [-0.39, 0.29) is 5.91 Å². The molecule has 118 valence electrons. The first-order valence-electron chi connectivity index (χ1n) is 7.61. The van der Waals surface area contributed by atoms with Crippen LogP contribution in [0.2, 0.25) is 0 Å². The lowest BCUT2D eigenvalue weighted by Crippen LogP contribution is -2.30. The van der Waals surface area contributed by atoms with Crippen molar-refractivity contribution >= 4 is 16.7 Å². The third-order valence-electron chi connectivity index (χ3n) is 4.03. The molecule has 2 aromatic carbocycles. The number of amides is 1. The molecule has 1 amide bonds. The molecule has 0 saturated carbocycles. The number of hydrogen-bond acceptors (Lipinski definition) is 2. The van der Waals surface area contributed by atoms with Gasteiger partial charge in [-0.2, -0.15) is 0 Å². The van der Waals surface area contributed by atoms with Crippen LogP contribution in [0.4, 0.5) is 0 Å². The molecule has 4 heteroatoms. The van der Waals surface area contributed by atoms with E-state index in [1.165, 1.54) is 0 Å². The van der Waals surface area contributed by atoms with E-state index in [2.05, 4.69) is 29.2 Å². The number of benzene rings is 2. The molecule has 0 bridgehead atoms. The monoisotopic (exact) mass is 308 g/mol. The molecule has 3 rings (SSSR count). The van der Waals surface area contributed by atoms with Crippen molar-refractivity contribution in [1.82, 2.24) is 9.88 Å². The van der Waals surface area contributed by atoms with Gasteiger partial charge in [0.2, 0.25) is 0 Å². The molecule has 0 aliphatic carbocycles. The quantitative estimate of drug-likeness (QED) is 0.783. The molecule has 1 aromatic heterocycles. The Morgan fingerprint density at radius 1 is 1.09 bits per heavy atom. The van der Waals surface area contributed by atoms with Crippen LogP contribution in [0.5, 0.6) is 0 Å². The van der Waals surface area contributed by atoms with Crippen molar-refractivity contribution in [3.05, 3.63) is 60.4 Å². The van der Waals surface area contributed by atoms with Crippen LogP contribution in [0.15, 0.2) is 54.9 Å². The lowest BCUT2D eigenvalue weighted by molar-refractivity contribution is 0.0745. The Morgan fingerprint density at radius 2 is 1.87 bits per heavy atom. The predicted molar refractivity (Wildman–Crippen MR) is 92.6 cm³/mol. The Labute approximate surface area is 135 Å². The van der Waals surface area contributed by atoms with E-state index in [9.17, 15) is 4.79 Å². The van der Waals surface area contributed by atoms with Gasteiger partial charge in [0, 0.05) is 38.7 Å². The highest BCUT2D eigenvalue weighted by atomic mass is 16.5. The van der Waals surface area contributed by atoms with Gasteiger partial charge in [0.1, 0.15) is 0 Å². The van der Waals surface area contributed by atoms with Crippen molar-refractivity contribution in [2.24, 2.45) is 0 Å². The number of methoxy groups -OCH3 is 1. The zero-order chi connectivity index (χ0) is 16.2. The lowest BCUT2D eigenvalue weighted by Gasteiger charge is -2.17. The fourth-order valence-electron chi connectivity index (χ4n) is 2.76. The van der Waals surface area contributed by atoms with Crippen molar-refractivity contribution in [1.29, 1.82) is 0 Å². The molecule has 23 heavy (non-hydrogen) atoms. The van der Waals surface area contributed by atoms with Crippen molar-refractivity contribution < 1.29 is 9.53 Å². The number of hydrogen-bond donors (Lipinski definition) is 1. The Morgan fingerprint density at radius 3 is 2.70 bits per heavy atom. The SMILES string of the molecule is COCCN(C)C(=O)c1c[nH]cc1-c1cccc2ccccc12. The van der Waals surface area contributed by atoms with Crippen LogP contribution in [-0.4, -0.2) is 43.1 Å². The van der Waals surface area contributed by atoms with Gasteiger partial charge in [-0.05, 0) is 16.3 Å². The number of carbonyl (C=O) groups is 1. The Kier molecular flexibility index (Phi) is 4.44. The first kappa shape index (κ1) is 15.3. The summed E-state index contributed by atoms with van der Waals surface area (Å²) in [4.78, 5) is 17.4. The standard InChI is InChI=1S/C19H20N2O2/c1-21(10-11-23-2)19(22)18-13-20-12-17(18)16-9-5-7-14-6-3-4-8-15(14)16/h3-9,12-13,20H,10-11H2,1-2H3. The number of rotatable bonds is 5. The summed E-state index contributed by atoms with van der Waals surface area (Å²) in [6.45, 7) is 1.09. The largest absolute Gasteiger partial charge is 0.383 e. The summed E-state index contributed by atoms with van der Waals surface area (Å²) in [5.41, 5.74) is 2.67. The molecule has 1 N–H and O–H groups in total. The van der Waals surface area contributed by atoms with Crippen molar-refractivity contribution in [3.8, 4) is 11.1 Å². The molecule has 3 aromatic rings. The normalized spacial score (nSPS) is 10.9. The third kappa shape index (κ3) is 2.98. The summed E-state index contributed by atoms with van der Waals surface area (Å²) in [5, 5.41) is 2.31. The fourth-order valence-corrected chi connectivity index (χ4v) is 2.76. The number of carbonyl (C=O) groups excluding carboxylic acids is 1. The van der Waals surface area contributed by atoms with Crippen molar-refractivity contribution in [3.63, 3.8) is 0 Å². The van der Waals surface area contributed by atoms with Gasteiger partial charge in [0.05, 0.1) is 12.2 Å². The molecule has 0 radical (unpaired) electrons. The zero-order valence-corrected chi connectivity index (χ0v) is 13.4. The smallest absolute Gasteiger partial charge is 0.255 e. The number of nitrogens with one attached hydrogen (secondary N) is 1. The summed E-state index contributed by atoms with van der Waals surface area (Å²) < 4.78 is 5.05. The number of aromatic amines is 1. The molecule has 0 aliphatic heterocycles. The van der Waals surface area contributed by atoms with Gasteiger partial charge >= 0.3 is 0 Å². The summed E-state index contributed by atoms with van der Waals surface area (Å²) in [7, 11) is 3.43. The minimum atomic E-state index is -0.00812. The lowest BCUT2D eigenvalue weighted by atomic mass is 9.97. The fraction of sp³-hybridized carbons (Fsp3) is 0.211. The summed E-state index contributed by atoms with van der Waals surface area (Å²) >= 11 is 0.